The van der Waals surface area contributed by atoms with E-state index in [1.807, 2.05) is 30.3 Å². The van der Waals surface area contributed by atoms with Crippen LogP contribution in [0, 0.1) is 5.82 Å². The standard InChI is InChI=1S/C26H20FN3O5/c1-30(26(32)33)19-10-13-23(22(27)15-19)35-24-14-9-18(16-28-24)29-25(31)17-7-11-21(12-8-17)34-20-5-3-2-4-6-20/h2-16H,1H3,(H,29,31)(H,32,33). The zero-order valence-electron chi connectivity index (χ0n) is 18.5. The average Bonchev–Trinajstić information content (AvgIpc) is 2.87. The van der Waals surface area contributed by atoms with Crippen molar-refractivity contribution in [3.63, 3.8) is 0 Å². The molecule has 2 amide bonds. The van der Waals surface area contributed by atoms with E-state index in [1.54, 1.807) is 30.3 Å². The number of carbonyl (C=O) groups excluding carboxylic acids is 1. The molecule has 0 unspecified atom stereocenters. The van der Waals surface area contributed by atoms with Gasteiger partial charge in [-0.15, -0.1) is 0 Å². The minimum atomic E-state index is -1.21. The Bertz CT molecular complexity index is 1330. The van der Waals surface area contributed by atoms with Gasteiger partial charge >= 0.3 is 6.09 Å². The summed E-state index contributed by atoms with van der Waals surface area (Å²) in [6, 6.07) is 22.8. The molecule has 4 rings (SSSR count). The summed E-state index contributed by atoms with van der Waals surface area (Å²) in [6.07, 6.45) is 0.166. The molecule has 8 nitrogen and oxygen atoms in total. The van der Waals surface area contributed by atoms with Crippen molar-refractivity contribution >= 4 is 23.4 Å². The largest absolute Gasteiger partial charge is 0.465 e. The summed E-state index contributed by atoms with van der Waals surface area (Å²) in [7, 11) is 1.30. The quantitative estimate of drug-likeness (QED) is 0.333. The van der Waals surface area contributed by atoms with Crippen molar-refractivity contribution in [2.45, 2.75) is 0 Å². The number of anilines is 2. The van der Waals surface area contributed by atoms with Crippen molar-refractivity contribution in [2.24, 2.45) is 0 Å². The van der Waals surface area contributed by atoms with E-state index in [0.29, 0.717) is 22.7 Å². The third kappa shape index (κ3) is 5.91. The van der Waals surface area contributed by atoms with Gasteiger partial charge in [-0.25, -0.2) is 14.2 Å². The molecule has 1 heterocycles. The summed E-state index contributed by atoms with van der Waals surface area (Å²) in [5.41, 5.74) is 1.01. The van der Waals surface area contributed by atoms with Gasteiger partial charge in [-0.1, -0.05) is 18.2 Å². The van der Waals surface area contributed by atoms with E-state index in [2.05, 4.69) is 10.3 Å². The fourth-order valence-corrected chi connectivity index (χ4v) is 3.02. The number of amides is 2. The van der Waals surface area contributed by atoms with Crippen molar-refractivity contribution in [3.8, 4) is 23.1 Å². The van der Waals surface area contributed by atoms with Gasteiger partial charge in [-0.2, -0.15) is 0 Å². The maximum Gasteiger partial charge on any atom is 0.411 e. The number of benzene rings is 3. The number of rotatable bonds is 7. The number of halogens is 1. The van der Waals surface area contributed by atoms with Crippen molar-refractivity contribution in [1.29, 1.82) is 0 Å². The third-order valence-corrected chi connectivity index (χ3v) is 4.89. The topological polar surface area (TPSA) is 101 Å². The molecule has 0 spiro atoms. The van der Waals surface area contributed by atoms with E-state index >= 15 is 0 Å². The highest BCUT2D eigenvalue weighted by Crippen LogP contribution is 2.27. The van der Waals surface area contributed by atoms with Crippen LogP contribution in [0.15, 0.2) is 91.1 Å². The number of para-hydroxylation sites is 1. The summed E-state index contributed by atoms with van der Waals surface area (Å²) < 4.78 is 25.5. The van der Waals surface area contributed by atoms with Crippen LogP contribution in [0.1, 0.15) is 10.4 Å². The van der Waals surface area contributed by atoms with E-state index in [1.165, 1.54) is 31.4 Å². The molecule has 0 aliphatic heterocycles. The van der Waals surface area contributed by atoms with Gasteiger partial charge in [0.2, 0.25) is 5.88 Å². The molecule has 3 aromatic carbocycles. The Hall–Kier alpha value is -4.92. The highest BCUT2D eigenvalue weighted by atomic mass is 19.1. The summed E-state index contributed by atoms with van der Waals surface area (Å²) in [6.45, 7) is 0. The fourth-order valence-electron chi connectivity index (χ4n) is 3.02. The molecule has 0 aliphatic rings. The maximum absolute atomic E-state index is 14.3. The predicted molar refractivity (Wildman–Crippen MR) is 128 cm³/mol. The van der Waals surface area contributed by atoms with E-state index < -0.39 is 11.9 Å². The smallest absolute Gasteiger partial charge is 0.411 e. The van der Waals surface area contributed by atoms with Crippen LogP contribution in [-0.4, -0.2) is 29.1 Å². The van der Waals surface area contributed by atoms with Gasteiger partial charge < -0.3 is 19.9 Å². The number of carboxylic acid groups (broad SMARTS) is 1. The normalized spacial score (nSPS) is 10.3. The van der Waals surface area contributed by atoms with E-state index in [-0.39, 0.29) is 23.2 Å². The number of nitrogens with one attached hydrogen (secondary N) is 1. The Morgan fingerprint density at radius 1 is 0.914 bits per heavy atom. The van der Waals surface area contributed by atoms with Gasteiger partial charge in [0.15, 0.2) is 11.6 Å². The monoisotopic (exact) mass is 473 g/mol. The first-order valence-electron chi connectivity index (χ1n) is 10.4. The molecular formula is C26H20FN3O5. The van der Waals surface area contributed by atoms with Crippen LogP contribution in [0.4, 0.5) is 20.6 Å². The molecule has 0 fully saturated rings. The second-order valence-electron chi connectivity index (χ2n) is 7.34. The maximum atomic E-state index is 14.3. The second-order valence-corrected chi connectivity index (χ2v) is 7.34. The van der Waals surface area contributed by atoms with Gasteiger partial charge in [0.25, 0.3) is 5.91 Å². The van der Waals surface area contributed by atoms with Gasteiger partial charge in [0.05, 0.1) is 11.9 Å². The molecule has 176 valence electrons. The Morgan fingerprint density at radius 3 is 2.26 bits per heavy atom. The fraction of sp³-hybridized carbons (Fsp3) is 0.0385. The number of pyridine rings is 1. The van der Waals surface area contributed by atoms with Crippen molar-refractivity contribution in [1.82, 2.24) is 4.98 Å². The molecule has 0 saturated carbocycles. The average molecular weight is 473 g/mol. The van der Waals surface area contributed by atoms with Crippen molar-refractivity contribution < 1.29 is 28.6 Å². The van der Waals surface area contributed by atoms with Gasteiger partial charge in [-0.05, 0) is 54.6 Å². The molecule has 0 radical (unpaired) electrons. The molecule has 0 atom stereocenters. The molecule has 0 saturated heterocycles. The number of nitrogens with zero attached hydrogens (tertiary/aromatic N) is 2. The van der Waals surface area contributed by atoms with Gasteiger partial charge in [0, 0.05) is 30.4 Å². The van der Waals surface area contributed by atoms with Crippen LogP contribution in [0.3, 0.4) is 0 Å². The number of carbonyl (C=O) groups is 2. The lowest BCUT2D eigenvalue weighted by atomic mass is 10.2. The van der Waals surface area contributed by atoms with Crippen LogP contribution in [0.2, 0.25) is 0 Å². The second kappa shape index (κ2) is 10.3. The Kier molecular flexibility index (Phi) is 6.87. The van der Waals surface area contributed by atoms with Crippen molar-refractivity contribution in [3.05, 3.63) is 103 Å². The Labute approximate surface area is 200 Å². The van der Waals surface area contributed by atoms with Crippen LogP contribution < -0.4 is 19.7 Å². The number of hydrogen-bond acceptors (Lipinski definition) is 5. The molecule has 4 aromatic rings. The summed E-state index contributed by atoms with van der Waals surface area (Å²) in [5.74, 6) is 0.205. The lowest BCUT2D eigenvalue weighted by Gasteiger charge is -2.14. The molecule has 0 aliphatic carbocycles. The molecule has 9 heteroatoms. The number of hydrogen-bond donors (Lipinski definition) is 2. The first-order chi connectivity index (χ1) is 16.9. The van der Waals surface area contributed by atoms with E-state index in [9.17, 15) is 14.0 Å². The summed E-state index contributed by atoms with van der Waals surface area (Å²) in [4.78, 5) is 28.5. The molecule has 1 aromatic heterocycles. The predicted octanol–water partition coefficient (Wildman–Crippen LogP) is 6.17. The van der Waals surface area contributed by atoms with Crippen LogP contribution >= 0.6 is 0 Å². The van der Waals surface area contributed by atoms with Gasteiger partial charge in [0.1, 0.15) is 11.5 Å². The zero-order valence-corrected chi connectivity index (χ0v) is 18.5. The van der Waals surface area contributed by atoms with Crippen LogP contribution in [0.25, 0.3) is 0 Å². The first-order valence-corrected chi connectivity index (χ1v) is 10.4. The number of aromatic nitrogens is 1. The van der Waals surface area contributed by atoms with E-state index in [0.717, 1.165) is 11.0 Å². The van der Waals surface area contributed by atoms with Crippen LogP contribution in [-0.2, 0) is 0 Å². The summed E-state index contributed by atoms with van der Waals surface area (Å²) in [5, 5.41) is 11.7. The third-order valence-electron chi connectivity index (χ3n) is 4.89. The summed E-state index contributed by atoms with van der Waals surface area (Å²) >= 11 is 0. The minimum absolute atomic E-state index is 0.101. The molecule has 0 bridgehead atoms. The Balaban J connectivity index is 1.36. The number of ether oxygens (including phenoxy) is 2. The molecular weight excluding hydrogens is 453 g/mol. The van der Waals surface area contributed by atoms with Crippen LogP contribution in [0.5, 0.6) is 23.1 Å². The zero-order chi connectivity index (χ0) is 24.8. The van der Waals surface area contributed by atoms with Crippen molar-refractivity contribution in [2.75, 3.05) is 17.3 Å². The Morgan fingerprint density at radius 2 is 1.63 bits per heavy atom. The first kappa shape index (κ1) is 23.2. The van der Waals surface area contributed by atoms with E-state index in [4.69, 9.17) is 14.6 Å². The molecule has 2 N–H and O–H groups in total. The highest BCUT2D eigenvalue weighted by Gasteiger charge is 2.13. The lowest BCUT2D eigenvalue weighted by Crippen LogP contribution is -2.23. The lowest BCUT2D eigenvalue weighted by molar-refractivity contribution is 0.102. The SMILES string of the molecule is CN(C(=O)O)c1ccc(Oc2ccc(NC(=O)c3ccc(Oc4ccccc4)cc3)cn2)c(F)c1. The minimum Gasteiger partial charge on any atom is -0.465 e. The van der Waals surface area contributed by atoms with Gasteiger partial charge in [-0.3, -0.25) is 9.69 Å². The highest BCUT2D eigenvalue weighted by molar-refractivity contribution is 6.04. The molecule has 35 heavy (non-hydrogen) atoms.